The van der Waals surface area contributed by atoms with Crippen molar-refractivity contribution in [2.45, 2.75) is 26.3 Å². The molecule has 17 heavy (non-hydrogen) atoms. The number of amidine groups is 1. The molecule has 0 saturated carbocycles. The predicted octanol–water partition coefficient (Wildman–Crippen LogP) is 3.24. The third kappa shape index (κ3) is 3.41. The summed E-state index contributed by atoms with van der Waals surface area (Å²) >= 11 is 12.1. The molecule has 4 nitrogen and oxygen atoms in total. The normalized spacial score (nSPS) is 13.5. The molecule has 1 atom stereocenters. The van der Waals surface area contributed by atoms with Crippen molar-refractivity contribution in [3.05, 3.63) is 27.7 Å². The highest BCUT2D eigenvalue weighted by Gasteiger charge is 2.13. The average Bonchev–Trinajstić information content (AvgIpc) is 2.31. The van der Waals surface area contributed by atoms with Crippen LogP contribution >= 0.6 is 23.2 Å². The Hall–Kier alpha value is -1.13. The van der Waals surface area contributed by atoms with Gasteiger partial charge in [0.1, 0.15) is 0 Å². The van der Waals surface area contributed by atoms with E-state index in [9.17, 15) is 0 Å². The first-order valence-corrected chi connectivity index (χ1v) is 5.94. The number of aryl methyl sites for hydroxylation is 1. The molecule has 94 valence electrons. The second kappa shape index (κ2) is 5.98. The number of nitrogens with two attached hydrogens (primary N) is 1. The number of hydrogen-bond donors (Lipinski definition) is 3. The van der Waals surface area contributed by atoms with Gasteiger partial charge in [-0.15, -0.1) is 0 Å². The van der Waals surface area contributed by atoms with Gasteiger partial charge in [-0.25, -0.2) is 0 Å². The number of anilines is 1. The largest absolute Gasteiger partial charge is 0.409 e. The average molecular weight is 276 g/mol. The van der Waals surface area contributed by atoms with Gasteiger partial charge in [-0.1, -0.05) is 35.3 Å². The Labute approximate surface area is 110 Å². The van der Waals surface area contributed by atoms with Crippen molar-refractivity contribution in [2.75, 3.05) is 5.32 Å². The number of nitrogens with one attached hydrogen (secondary N) is 1. The Morgan fingerprint density at radius 1 is 1.47 bits per heavy atom. The summed E-state index contributed by atoms with van der Waals surface area (Å²) in [5, 5.41) is 15.9. The van der Waals surface area contributed by atoms with Crippen LogP contribution in [0.4, 0.5) is 5.69 Å². The predicted molar refractivity (Wildman–Crippen MR) is 72.3 cm³/mol. The Balaban J connectivity index is 2.98. The number of rotatable bonds is 4. The van der Waals surface area contributed by atoms with Gasteiger partial charge in [0.25, 0.3) is 0 Å². The second-order valence-electron chi connectivity index (χ2n) is 3.71. The Bertz CT molecular complexity index is 435. The molecule has 0 radical (unpaired) electrons. The summed E-state index contributed by atoms with van der Waals surface area (Å²) in [7, 11) is 0. The van der Waals surface area contributed by atoms with Crippen molar-refractivity contribution in [1.29, 1.82) is 0 Å². The molecule has 0 bridgehead atoms. The van der Waals surface area contributed by atoms with Crippen molar-refractivity contribution in [3.63, 3.8) is 0 Å². The molecule has 1 rings (SSSR count). The molecule has 0 aliphatic carbocycles. The zero-order chi connectivity index (χ0) is 13.0. The minimum absolute atomic E-state index is 0.111. The van der Waals surface area contributed by atoms with Crippen molar-refractivity contribution < 1.29 is 5.21 Å². The van der Waals surface area contributed by atoms with E-state index in [1.807, 2.05) is 13.8 Å². The molecule has 4 N–H and O–H groups in total. The molecule has 0 heterocycles. The molecule has 0 aromatic heterocycles. The molecule has 1 aromatic carbocycles. The first-order valence-electron chi connectivity index (χ1n) is 5.19. The highest BCUT2D eigenvalue weighted by molar-refractivity contribution is 6.35. The highest BCUT2D eigenvalue weighted by atomic mass is 35.5. The third-order valence-electron chi connectivity index (χ3n) is 2.46. The van der Waals surface area contributed by atoms with Crippen LogP contribution in [0.5, 0.6) is 0 Å². The Kier molecular flexibility index (Phi) is 4.90. The van der Waals surface area contributed by atoms with Crippen LogP contribution in [0, 0.1) is 6.92 Å². The third-order valence-corrected chi connectivity index (χ3v) is 3.18. The maximum absolute atomic E-state index is 8.65. The van der Waals surface area contributed by atoms with Crippen LogP contribution in [0.25, 0.3) is 0 Å². The van der Waals surface area contributed by atoms with E-state index in [0.29, 0.717) is 22.2 Å². The van der Waals surface area contributed by atoms with Crippen LogP contribution in [0.15, 0.2) is 17.3 Å². The van der Waals surface area contributed by atoms with Crippen LogP contribution in [0.2, 0.25) is 10.0 Å². The van der Waals surface area contributed by atoms with Crippen LogP contribution in [0.3, 0.4) is 0 Å². The minimum Gasteiger partial charge on any atom is -0.409 e. The quantitative estimate of drug-likeness (QED) is 0.342. The van der Waals surface area contributed by atoms with Gasteiger partial charge < -0.3 is 16.3 Å². The smallest absolute Gasteiger partial charge is 0.161 e. The fourth-order valence-electron chi connectivity index (χ4n) is 1.40. The summed E-state index contributed by atoms with van der Waals surface area (Å²) in [6, 6.07) is 3.22. The topological polar surface area (TPSA) is 70.6 Å². The molecule has 0 amide bonds. The van der Waals surface area contributed by atoms with Crippen LogP contribution in [-0.2, 0) is 0 Å². The number of oxime groups is 1. The van der Waals surface area contributed by atoms with E-state index < -0.39 is 0 Å². The summed E-state index contributed by atoms with van der Waals surface area (Å²) < 4.78 is 0. The first kappa shape index (κ1) is 13.9. The SMILES string of the molecule is CCC(Nc1cc(Cl)c(C)cc1Cl)/C(N)=N/O. The van der Waals surface area contributed by atoms with Crippen LogP contribution < -0.4 is 11.1 Å². The van der Waals surface area contributed by atoms with Gasteiger partial charge in [-0.05, 0) is 31.0 Å². The van der Waals surface area contributed by atoms with Crippen LogP contribution in [-0.4, -0.2) is 17.1 Å². The Morgan fingerprint density at radius 3 is 2.65 bits per heavy atom. The number of hydrogen-bond acceptors (Lipinski definition) is 3. The number of nitrogens with zero attached hydrogens (tertiary/aromatic N) is 1. The standard InChI is InChI=1S/C11H15Cl2N3O/c1-3-9(11(14)16-17)15-10-5-7(12)6(2)4-8(10)13/h4-5,9,15,17H,3H2,1-2H3,(H2,14,16). The lowest BCUT2D eigenvalue weighted by atomic mass is 10.1. The summed E-state index contributed by atoms with van der Waals surface area (Å²) in [5.74, 6) is 0.111. The fourth-order valence-corrected chi connectivity index (χ4v) is 1.84. The van der Waals surface area contributed by atoms with Crippen molar-refractivity contribution in [2.24, 2.45) is 10.9 Å². The van der Waals surface area contributed by atoms with Crippen LogP contribution in [0.1, 0.15) is 18.9 Å². The molecule has 1 unspecified atom stereocenters. The van der Waals surface area contributed by atoms with Gasteiger partial charge in [-0.3, -0.25) is 0 Å². The summed E-state index contributed by atoms with van der Waals surface area (Å²) in [6.45, 7) is 3.79. The van der Waals surface area contributed by atoms with E-state index in [0.717, 1.165) is 5.56 Å². The second-order valence-corrected chi connectivity index (χ2v) is 4.53. The molecule has 6 heteroatoms. The van der Waals surface area contributed by atoms with E-state index in [2.05, 4.69) is 10.5 Å². The van der Waals surface area contributed by atoms with Crippen molar-refractivity contribution in [1.82, 2.24) is 0 Å². The Morgan fingerprint density at radius 2 is 2.12 bits per heavy atom. The number of benzene rings is 1. The van der Waals surface area contributed by atoms with Gasteiger partial charge in [0.2, 0.25) is 0 Å². The maximum atomic E-state index is 8.65. The molecule has 0 spiro atoms. The molecule has 0 aliphatic rings. The van der Waals surface area contributed by atoms with Crippen molar-refractivity contribution >= 4 is 34.7 Å². The number of halogens is 2. The van der Waals surface area contributed by atoms with Gasteiger partial charge in [0, 0.05) is 5.02 Å². The van der Waals surface area contributed by atoms with E-state index >= 15 is 0 Å². The molecular formula is C11H15Cl2N3O. The summed E-state index contributed by atoms with van der Waals surface area (Å²) in [6.07, 6.45) is 0.664. The van der Waals surface area contributed by atoms with Gasteiger partial charge in [0.05, 0.1) is 16.8 Å². The van der Waals surface area contributed by atoms with Gasteiger partial charge >= 0.3 is 0 Å². The lowest BCUT2D eigenvalue weighted by Crippen LogP contribution is -2.35. The van der Waals surface area contributed by atoms with E-state index in [1.165, 1.54) is 0 Å². The summed E-state index contributed by atoms with van der Waals surface area (Å²) in [5.41, 5.74) is 7.12. The van der Waals surface area contributed by atoms with E-state index in [1.54, 1.807) is 12.1 Å². The highest BCUT2D eigenvalue weighted by Crippen LogP contribution is 2.29. The minimum atomic E-state index is -0.281. The van der Waals surface area contributed by atoms with Crippen molar-refractivity contribution in [3.8, 4) is 0 Å². The lowest BCUT2D eigenvalue weighted by molar-refractivity contribution is 0.316. The fraction of sp³-hybridized carbons (Fsp3) is 0.364. The summed E-state index contributed by atoms with van der Waals surface area (Å²) in [4.78, 5) is 0. The molecule has 0 fully saturated rings. The molecule has 1 aromatic rings. The van der Waals surface area contributed by atoms with E-state index in [-0.39, 0.29) is 11.9 Å². The molecule has 0 aliphatic heterocycles. The first-order chi connectivity index (χ1) is 7.99. The van der Waals surface area contributed by atoms with Gasteiger partial charge in [-0.2, -0.15) is 0 Å². The monoisotopic (exact) mass is 275 g/mol. The van der Waals surface area contributed by atoms with Gasteiger partial charge in [0.15, 0.2) is 5.84 Å². The lowest BCUT2D eigenvalue weighted by Gasteiger charge is -2.18. The maximum Gasteiger partial charge on any atom is 0.161 e. The zero-order valence-corrected chi connectivity index (χ0v) is 11.2. The van der Waals surface area contributed by atoms with E-state index in [4.69, 9.17) is 34.1 Å². The molecule has 0 saturated heterocycles. The zero-order valence-electron chi connectivity index (χ0n) is 9.67. The molecular weight excluding hydrogens is 261 g/mol.